The van der Waals surface area contributed by atoms with E-state index in [1.165, 1.54) is 12.8 Å². The molecule has 0 saturated heterocycles. The van der Waals surface area contributed by atoms with Gasteiger partial charge in [-0.05, 0) is 24.1 Å². The zero-order valence-corrected chi connectivity index (χ0v) is 11.5. The number of halogens is 2. The molecule has 0 unspecified atom stereocenters. The van der Waals surface area contributed by atoms with Gasteiger partial charge in [0, 0.05) is 11.0 Å². The van der Waals surface area contributed by atoms with Gasteiger partial charge in [0.1, 0.15) is 0 Å². The average molecular weight is 291 g/mol. The molecular weight excluding hydrogens is 273 g/mol. The molecule has 0 atom stereocenters. The van der Waals surface area contributed by atoms with E-state index in [2.05, 4.69) is 35.1 Å². The van der Waals surface area contributed by atoms with Gasteiger partial charge in [0.2, 0.25) is 0 Å². The highest BCUT2D eigenvalue weighted by Crippen LogP contribution is 2.26. The number of nitrogens with one attached hydrogen (secondary N) is 1. The quantitative estimate of drug-likeness (QED) is 0.809. The summed E-state index contributed by atoms with van der Waals surface area (Å²) in [5.41, 5.74) is 1.01. The van der Waals surface area contributed by atoms with Crippen LogP contribution >= 0.6 is 27.5 Å². The van der Waals surface area contributed by atoms with Crippen molar-refractivity contribution in [1.82, 2.24) is 0 Å². The van der Waals surface area contributed by atoms with E-state index in [-0.39, 0.29) is 0 Å². The molecule has 15 heavy (non-hydrogen) atoms. The van der Waals surface area contributed by atoms with E-state index in [4.69, 9.17) is 11.6 Å². The Kier molecular flexibility index (Phi) is 5.48. The summed E-state index contributed by atoms with van der Waals surface area (Å²) in [4.78, 5) is 0. The summed E-state index contributed by atoms with van der Waals surface area (Å²) in [6, 6.07) is 5.87. The van der Waals surface area contributed by atoms with Crippen molar-refractivity contribution in [2.45, 2.75) is 26.7 Å². The van der Waals surface area contributed by atoms with E-state index in [0.717, 1.165) is 27.6 Å². The van der Waals surface area contributed by atoms with Crippen molar-refractivity contribution in [1.29, 1.82) is 0 Å². The van der Waals surface area contributed by atoms with Crippen molar-refractivity contribution in [2.75, 3.05) is 11.9 Å². The van der Waals surface area contributed by atoms with Crippen LogP contribution in [-0.4, -0.2) is 6.54 Å². The van der Waals surface area contributed by atoms with Crippen LogP contribution in [0.1, 0.15) is 26.7 Å². The molecule has 0 bridgehead atoms. The second-order valence-electron chi connectivity index (χ2n) is 3.69. The van der Waals surface area contributed by atoms with E-state index < -0.39 is 0 Å². The van der Waals surface area contributed by atoms with Crippen LogP contribution in [0.15, 0.2) is 22.7 Å². The molecule has 1 aromatic carbocycles. The molecule has 0 radical (unpaired) electrons. The molecule has 0 amide bonds. The van der Waals surface area contributed by atoms with E-state index >= 15 is 0 Å². The summed E-state index contributed by atoms with van der Waals surface area (Å²) in [6.45, 7) is 5.43. The third kappa shape index (κ3) is 4.04. The lowest BCUT2D eigenvalue weighted by atomic mass is 10.0. The number of rotatable bonds is 5. The molecule has 0 spiro atoms. The van der Waals surface area contributed by atoms with Gasteiger partial charge < -0.3 is 5.32 Å². The normalized spacial score (nSPS) is 10.7. The van der Waals surface area contributed by atoms with Crippen molar-refractivity contribution in [3.05, 3.63) is 27.7 Å². The van der Waals surface area contributed by atoms with Gasteiger partial charge in [-0.1, -0.05) is 54.2 Å². The molecule has 84 valence electrons. The largest absolute Gasteiger partial charge is 0.384 e. The number of hydrogen-bond acceptors (Lipinski definition) is 1. The van der Waals surface area contributed by atoms with Crippen LogP contribution in [0.25, 0.3) is 0 Å². The summed E-state index contributed by atoms with van der Waals surface area (Å²) in [5, 5.41) is 4.18. The van der Waals surface area contributed by atoms with Crippen molar-refractivity contribution < 1.29 is 0 Å². The van der Waals surface area contributed by atoms with Gasteiger partial charge in [0.25, 0.3) is 0 Å². The van der Waals surface area contributed by atoms with Gasteiger partial charge in [-0.3, -0.25) is 0 Å². The fraction of sp³-hybridized carbons (Fsp3) is 0.500. The second-order valence-corrected chi connectivity index (χ2v) is 5.01. The first-order chi connectivity index (χ1) is 7.17. The Balaban J connectivity index is 2.60. The fourth-order valence-electron chi connectivity index (χ4n) is 1.46. The lowest BCUT2D eigenvalue weighted by Crippen LogP contribution is -2.12. The molecule has 0 aliphatic rings. The van der Waals surface area contributed by atoms with Gasteiger partial charge in [-0.2, -0.15) is 0 Å². The van der Waals surface area contributed by atoms with Gasteiger partial charge in [-0.15, -0.1) is 0 Å². The van der Waals surface area contributed by atoms with Crippen molar-refractivity contribution in [3.8, 4) is 0 Å². The summed E-state index contributed by atoms with van der Waals surface area (Å²) in [6.07, 6.45) is 2.41. The maximum absolute atomic E-state index is 6.08. The maximum Gasteiger partial charge on any atom is 0.0638 e. The van der Waals surface area contributed by atoms with Gasteiger partial charge in [-0.25, -0.2) is 0 Å². The average Bonchev–Trinajstić information content (AvgIpc) is 2.24. The molecular formula is C12H17BrClN. The molecule has 0 aromatic heterocycles. The van der Waals surface area contributed by atoms with E-state index in [1.807, 2.05) is 18.2 Å². The second kappa shape index (κ2) is 6.39. The minimum absolute atomic E-state index is 0.722. The van der Waals surface area contributed by atoms with Crippen LogP contribution in [-0.2, 0) is 0 Å². The van der Waals surface area contributed by atoms with Crippen LogP contribution in [0.4, 0.5) is 5.69 Å². The summed E-state index contributed by atoms with van der Waals surface area (Å²) in [7, 11) is 0. The molecule has 0 fully saturated rings. The highest BCUT2D eigenvalue weighted by Gasteiger charge is 2.05. The third-order valence-electron chi connectivity index (χ3n) is 2.66. The topological polar surface area (TPSA) is 12.0 Å². The molecule has 1 nitrogen and oxygen atoms in total. The highest BCUT2D eigenvalue weighted by atomic mass is 79.9. The van der Waals surface area contributed by atoms with Crippen molar-refractivity contribution in [2.24, 2.45) is 5.92 Å². The first-order valence-corrected chi connectivity index (χ1v) is 6.53. The zero-order chi connectivity index (χ0) is 11.3. The van der Waals surface area contributed by atoms with E-state index in [0.29, 0.717) is 0 Å². The predicted octanol–water partition coefficient (Wildman–Crippen LogP) is 4.95. The smallest absolute Gasteiger partial charge is 0.0638 e. The summed E-state index contributed by atoms with van der Waals surface area (Å²) < 4.78 is 1.05. The van der Waals surface area contributed by atoms with Crippen LogP contribution in [0, 0.1) is 5.92 Å². The maximum atomic E-state index is 6.08. The molecule has 3 heteroatoms. The SMILES string of the molecule is CCC(CC)CNc1cc(Br)ccc1Cl. The number of benzene rings is 1. The Morgan fingerprint density at radius 3 is 2.60 bits per heavy atom. The highest BCUT2D eigenvalue weighted by molar-refractivity contribution is 9.10. The van der Waals surface area contributed by atoms with E-state index in [9.17, 15) is 0 Å². The summed E-state index contributed by atoms with van der Waals surface area (Å²) in [5.74, 6) is 0.722. The monoisotopic (exact) mass is 289 g/mol. The standard InChI is InChI=1S/C12H17BrClN/c1-3-9(4-2)8-15-12-7-10(13)5-6-11(12)14/h5-7,9,15H,3-4,8H2,1-2H3. The van der Waals surface area contributed by atoms with Gasteiger partial charge in [0.05, 0.1) is 10.7 Å². The number of hydrogen-bond donors (Lipinski definition) is 1. The molecule has 0 saturated carbocycles. The zero-order valence-electron chi connectivity index (χ0n) is 9.19. The van der Waals surface area contributed by atoms with Crippen LogP contribution in [0.5, 0.6) is 0 Å². The summed E-state index contributed by atoms with van der Waals surface area (Å²) >= 11 is 9.52. The van der Waals surface area contributed by atoms with Crippen LogP contribution in [0.3, 0.4) is 0 Å². The fourth-order valence-corrected chi connectivity index (χ4v) is 2.01. The van der Waals surface area contributed by atoms with Gasteiger partial charge in [0.15, 0.2) is 0 Å². The van der Waals surface area contributed by atoms with Crippen molar-refractivity contribution in [3.63, 3.8) is 0 Å². The molecule has 0 aliphatic heterocycles. The molecule has 1 rings (SSSR count). The number of anilines is 1. The Labute approximate surface area is 105 Å². The minimum Gasteiger partial charge on any atom is -0.384 e. The molecule has 0 aliphatic carbocycles. The Hall–Kier alpha value is -0.210. The van der Waals surface area contributed by atoms with Crippen molar-refractivity contribution >= 4 is 33.2 Å². The minimum atomic E-state index is 0.722. The van der Waals surface area contributed by atoms with Crippen LogP contribution in [0.2, 0.25) is 5.02 Å². The lowest BCUT2D eigenvalue weighted by molar-refractivity contribution is 0.519. The molecule has 0 heterocycles. The Morgan fingerprint density at radius 2 is 2.00 bits per heavy atom. The Bertz CT molecular complexity index is 310. The van der Waals surface area contributed by atoms with Gasteiger partial charge >= 0.3 is 0 Å². The lowest BCUT2D eigenvalue weighted by Gasteiger charge is -2.15. The first kappa shape index (κ1) is 12.9. The Morgan fingerprint density at radius 1 is 1.33 bits per heavy atom. The van der Waals surface area contributed by atoms with Crippen LogP contribution < -0.4 is 5.32 Å². The molecule has 1 aromatic rings. The predicted molar refractivity (Wildman–Crippen MR) is 71.7 cm³/mol. The molecule has 1 N–H and O–H groups in total. The first-order valence-electron chi connectivity index (χ1n) is 5.36. The third-order valence-corrected chi connectivity index (χ3v) is 3.49. The van der Waals surface area contributed by atoms with E-state index in [1.54, 1.807) is 0 Å².